The molecule has 4 aliphatic carbocycles. The Morgan fingerprint density at radius 2 is 1.77 bits per heavy atom. The summed E-state index contributed by atoms with van der Waals surface area (Å²) in [6.07, 6.45) is 18.8. The van der Waals surface area contributed by atoms with Gasteiger partial charge in [-0.15, -0.1) is 0 Å². The van der Waals surface area contributed by atoms with Crippen LogP contribution in [0.25, 0.3) is 0 Å². The van der Waals surface area contributed by atoms with Crippen LogP contribution < -0.4 is 0 Å². The molecule has 0 spiro atoms. The van der Waals surface area contributed by atoms with Gasteiger partial charge in [0.15, 0.2) is 0 Å². The molecule has 0 radical (unpaired) electrons. The Bertz CT molecular complexity index is 634. The average Bonchev–Trinajstić information content (AvgIpc) is 3.06. The monoisotopic (exact) mass is 414 g/mol. The van der Waals surface area contributed by atoms with Crippen LogP contribution in [0.5, 0.6) is 0 Å². The first-order valence-electron chi connectivity index (χ1n) is 13.7. The largest absolute Gasteiger partial charge is 0.393 e. The third kappa shape index (κ3) is 3.95. The van der Waals surface area contributed by atoms with Gasteiger partial charge >= 0.3 is 0 Å². The van der Waals surface area contributed by atoms with Crippen LogP contribution in [-0.2, 0) is 0 Å². The summed E-state index contributed by atoms with van der Waals surface area (Å²) in [6, 6.07) is 0. The fraction of sp³-hybridized carbons (Fsp3) is 0.931. The Balaban J connectivity index is 1.45. The van der Waals surface area contributed by atoms with Gasteiger partial charge in [0.2, 0.25) is 0 Å². The van der Waals surface area contributed by atoms with Crippen molar-refractivity contribution in [3.05, 3.63) is 11.1 Å². The van der Waals surface area contributed by atoms with Crippen LogP contribution in [0.3, 0.4) is 0 Å². The van der Waals surface area contributed by atoms with Crippen LogP contribution in [0.1, 0.15) is 125 Å². The lowest BCUT2D eigenvalue weighted by atomic mass is 9.50. The smallest absolute Gasteiger partial charge is 0.0543 e. The highest BCUT2D eigenvalue weighted by molar-refractivity contribution is 5.34. The minimum atomic E-state index is -0.0316. The lowest BCUT2D eigenvalue weighted by Gasteiger charge is -2.55. The van der Waals surface area contributed by atoms with E-state index in [0.717, 1.165) is 42.4 Å². The number of fused-ring (bicyclic) bond motifs is 4. The van der Waals surface area contributed by atoms with E-state index in [1.807, 2.05) is 11.1 Å². The molecule has 0 aliphatic heterocycles. The molecule has 1 nitrogen and oxygen atoms in total. The highest BCUT2D eigenvalue weighted by Crippen LogP contribution is 2.66. The van der Waals surface area contributed by atoms with Gasteiger partial charge < -0.3 is 5.11 Å². The van der Waals surface area contributed by atoms with Crippen LogP contribution in [-0.4, -0.2) is 11.2 Å². The molecule has 4 aliphatic rings. The molecular weight excluding hydrogens is 364 g/mol. The third-order valence-electron chi connectivity index (χ3n) is 10.9. The van der Waals surface area contributed by atoms with Gasteiger partial charge in [0.25, 0.3) is 0 Å². The lowest BCUT2D eigenvalue weighted by molar-refractivity contribution is 0.0132. The molecule has 8 atom stereocenters. The summed E-state index contributed by atoms with van der Waals surface area (Å²) in [6.45, 7) is 12.6. The SMILES string of the molecule is CCCC(C)CCC[C@@H](C)[C@H]1CC[C@H]2C3=C(CC[C@]12C)[C@@]1(C)CC[C@H](O)CC1CC3. The maximum absolute atomic E-state index is 10.3. The Hall–Kier alpha value is -0.300. The summed E-state index contributed by atoms with van der Waals surface area (Å²) < 4.78 is 0. The first-order chi connectivity index (χ1) is 14.3. The van der Waals surface area contributed by atoms with Gasteiger partial charge in [-0.05, 0) is 98.2 Å². The Morgan fingerprint density at radius 3 is 2.53 bits per heavy atom. The fourth-order valence-electron chi connectivity index (χ4n) is 9.04. The van der Waals surface area contributed by atoms with E-state index in [-0.39, 0.29) is 6.10 Å². The standard InChI is InChI=1S/C29H50O/c1-6-8-20(2)9-7-10-21(3)25-13-14-26-24-12-11-22-19-23(30)15-17-28(22,4)27(24)16-18-29(25,26)5/h20-23,25-26,30H,6-19H2,1-5H3/t20?,21-,22?,23+,25-,26+,28+,29-/m1/s1. The van der Waals surface area contributed by atoms with E-state index in [1.54, 1.807) is 0 Å². The van der Waals surface area contributed by atoms with Gasteiger partial charge in [-0.2, -0.15) is 0 Å². The maximum atomic E-state index is 10.3. The summed E-state index contributed by atoms with van der Waals surface area (Å²) in [7, 11) is 0. The van der Waals surface area contributed by atoms with Crippen LogP contribution >= 0.6 is 0 Å². The van der Waals surface area contributed by atoms with Crippen LogP contribution in [0.4, 0.5) is 0 Å². The second-order valence-electron chi connectivity index (χ2n) is 12.6. The van der Waals surface area contributed by atoms with Gasteiger partial charge in [0, 0.05) is 0 Å². The van der Waals surface area contributed by atoms with Crippen molar-refractivity contribution in [2.45, 2.75) is 131 Å². The zero-order valence-corrected chi connectivity index (χ0v) is 20.8. The summed E-state index contributed by atoms with van der Waals surface area (Å²) in [5.74, 6) is 4.37. The number of allylic oxidation sites excluding steroid dienone is 2. The van der Waals surface area contributed by atoms with Gasteiger partial charge in [0.1, 0.15) is 0 Å². The van der Waals surface area contributed by atoms with Gasteiger partial charge in [-0.3, -0.25) is 0 Å². The van der Waals surface area contributed by atoms with Crippen molar-refractivity contribution in [3.8, 4) is 0 Å². The quantitative estimate of drug-likeness (QED) is 0.415. The van der Waals surface area contributed by atoms with Crippen LogP contribution in [0, 0.1) is 40.4 Å². The van der Waals surface area contributed by atoms with E-state index in [1.165, 1.54) is 77.0 Å². The topological polar surface area (TPSA) is 20.2 Å². The Kier molecular flexibility index (Phi) is 6.80. The van der Waals surface area contributed by atoms with Gasteiger partial charge in [-0.1, -0.05) is 77.9 Å². The first kappa shape index (κ1) is 22.9. The van der Waals surface area contributed by atoms with Crippen molar-refractivity contribution < 1.29 is 5.11 Å². The molecule has 172 valence electrons. The van der Waals surface area contributed by atoms with E-state index in [0.29, 0.717) is 10.8 Å². The van der Waals surface area contributed by atoms with Crippen LogP contribution in [0.2, 0.25) is 0 Å². The van der Waals surface area contributed by atoms with Crippen molar-refractivity contribution in [2.24, 2.45) is 40.4 Å². The van der Waals surface area contributed by atoms with E-state index in [4.69, 9.17) is 0 Å². The predicted molar refractivity (Wildman–Crippen MR) is 128 cm³/mol. The van der Waals surface area contributed by atoms with E-state index in [9.17, 15) is 5.11 Å². The van der Waals surface area contributed by atoms with Crippen molar-refractivity contribution in [2.75, 3.05) is 0 Å². The zero-order valence-electron chi connectivity index (χ0n) is 20.8. The zero-order chi connectivity index (χ0) is 21.5. The highest BCUT2D eigenvalue weighted by Gasteiger charge is 2.55. The molecule has 0 aromatic heterocycles. The predicted octanol–water partition coefficient (Wildman–Crippen LogP) is 8.31. The molecule has 0 aromatic carbocycles. The number of hydrogen-bond acceptors (Lipinski definition) is 1. The molecule has 0 heterocycles. The molecule has 2 unspecified atom stereocenters. The molecule has 0 aromatic rings. The minimum Gasteiger partial charge on any atom is -0.393 e. The molecule has 2 saturated carbocycles. The normalized spacial score (nSPS) is 43.0. The van der Waals surface area contributed by atoms with E-state index >= 15 is 0 Å². The van der Waals surface area contributed by atoms with Crippen molar-refractivity contribution >= 4 is 0 Å². The van der Waals surface area contributed by atoms with E-state index < -0.39 is 0 Å². The minimum absolute atomic E-state index is 0.0316. The number of rotatable bonds is 7. The lowest BCUT2D eigenvalue weighted by Crippen LogP contribution is -2.45. The fourth-order valence-corrected chi connectivity index (χ4v) is 9.04. The van der Waals surface area contributed by atoms with Crippen molar-refractivity contribution in [1.82, 2.24) is 0 Å². The molecule has 1 N–H and O–H groups in total. The molecule has 2 fully saturated rings. The van der Waals surface area contributed by atoms with Crippen LogP contribution in [0.15, 0.2) is 11.1 Å². The number of aliphatic hydroxyl groups excluding tert-OH is 1. The maximum Gasteiger partial charge on any atom is 0.0543 e. The molecular formula is C29H50O. The summed E-state index contributed by atoms with van der Waals surface area (Å²) in [5.41, 5.74) is 4.78. The van der Waals surface area contributed by atoms with Crippen molar-refractivity contribution in [1.29, 1.82) is 0 Å². The molecule has 30 heavy (non-hydrogen) atoms. The highest BCUT2D eigenvalue weighted by atomic mass is 16.3. The summed E-state index contributed by atoms with van der Waals surface area (Å²) in [4.78, 5) is 0. The number of aliphatic hydroxyl groups is 1. The molecule has 4 rings (SSSR count). The Morgan fingerprint density at radius 1 is 0.967 bits per heavy atom. The Labute approximate surface area is 187 Å². The molecule has 0 saturated heterocycles. The van der Waals surface area contributed by atoms with Gasteiger partial charge in [-0.25, -0.2) is 0 Å². The average molecular weight is 415 g/mol. The third-order valence-corrected chi connectivity index (χ3v) is 10.9. The molecule has 1 heteroatoms. The first-order valence-corrected chi connectivity index (χ1v) is 13.7. The summed E-state index contributed by atoms with van der Waals surface area (Å²) >= 11 is 0. The second kappa shape index (κ2) is 8.92. The van der Waals surface area contributed by atoms with E-state index in [2.05, 4.69) is 34.6 Å². The molecule has 0 amide bonds. The second-order valence-corrected chi connectivity index (χ2v) is 12.6. The summed E-state index contributed by atoms with van der Waals surface area (Å²) in [5, 5.41) is 10.3. The number of hydrogen-bond donors (Lipinski definition) is 1. The van der Waals surface area contributed by atoms with Crippen molar-refractivity contribution in [3.63, 3.8) is 0 Å². The van der Waals surface area contributed by atoms with Gasteiger partial charge in [0.05, 0.1) is 6.10 Å². The molecule has 0 bridgehead atoms.